The molecule has 4 fully saturated rings. The number of rotatable bonds is 5. The Morgan fingerprint density at radius 2 is 1.47 bits per heavy atom. The van der Waals surface area contributed by atoms with Crippen LogP contribution in [-0.2, 0) is 0 Å². The average Bonchev–Trinajstić information content (AvgIpc) is 3.10. The quantitative estimate of drug-likeness (QED) is 0.465. The van der Waals surface area contributed by atoms with Crippen molar-refractivity contribution in [3.8, 4) is 0 Å². The van der Waals surface area contributed by atoms with Crippen LogP contribution in [0.3, 0.4) is 0 Å². The van der Waals surface area contributed by atoms with Gasteiger partial charge in [-0.1, -0.05) is 41.2 Å². The molecule has 0 aromatic carbocycles. The summed E-state index contributed by atoms with van der Waals surface area (Å²) in [6.45, 7) is 15.0. The molecular weight excluding hydrogens is 400 g/mol. The van der Waals surface area contributed by atoms with Crippen LogP contribution in [-0.4, -0.2) is 44.8 Å². The molecule has 0 unspecified atom stereocenters. The second kappa shape index (κ2) is 8.66. The molecule has 32 heavy (non-hydrogen) atoms. The van der Waals surface area contributed by atoms with Crippen molar-refractivity contribution >= 4 is 0 Å². The lowest BCUT2D eigenvalue weighted by atomic mass is 9.43. The molecule has 0 radical (unpaired) electrons. The minimum atomic E-state index is -0.867. The number of aliphatic hydroxyl groups excluding tert-OH is 4. The van der Waals surface area contributed by atoms with Crippen molar-refractivity contribution in [3.63, 3.8) is 0 Å². The van der Waals surface area contributed by atoms with Gasteiger partial charge < -0.3 is 20.4 Å². The Morgan fingerprint density at radius 3 is 2.12 bits per heavy atom. The zero-order valence-corrected chi connectivity index (χ0v) is 21.0. The van der Waals surface area contributed by atoms with E-state index in [-0.39, 0.29) is 40.8 Å². The minimum absolute atomic E-state index is 0.0220. The van der Waals surface area contributed by atoms with Gasteiger partial charge in [0.05, 0.1) is 18.3 Å². The Balaban J connectivity index is 1.54. The summed E-state index contributed by atoms with van der Waals surface area (Å²) in [6.07, 6.45) is 5.94. The minimum Gasteiger partial charge on any atom is -0.393 e. The van der Waals surface area contributed by atoms with E-state index >= 15 is 0 Å². The summed E-state index contributed by atoms with van der Waals surface area (Å²) in [5, 5.41) is 43.3. The van der Waals surface area contributed by atoms with Crippen molar-refractivity contribution in [1.82, 2.24) is 0 Å². The van der Waals surface area contributed by atoms with Crippen molar-refractivity contribution in [2.24, 2.45) is 52.3 Å². The average molecular weight is 449 g/mol. The monoisotopic (exact) mass is 448 g/mol. The Bertz CT molecular complexity index is 706. The van der Waals surface area contributed by atoms with Crippen LogP contribution in [0, 0.1) is 52.3 Å². The molecule has 0 saturated heterocycles. The van der Waals surface area contributed by atoms with Gasteiger partial charge >= 0.3 is 0 Å². The molecule has 0 spiro atoms. The molecule has 0 amide bonds. The molecule has 4 heteroatoms. The Kier molecular flexibility index (Phi) is 6.68. The second-order valence-corrected chi connectivity index (χ2v) is 13.0. The maximum atomic E-state index is 11.2. The number of aliphatic hydroxyl groups is 4. The molecule has 4 nitrogen and oxygen atoms in total. The lowest BCUT2D eigenvalue weighted by molar-refractivity contribution is -0.174. The van der Waals surface area contributed by atoms with Gasteiger partial charge in [-0.2, -0.15) is 0 Å². The maximum Gasteiger partial charge on any atom is 0.101 e. The van der Waals surface area contributed by atoms with E-state index in [4.69, 9.17) is 0 Å². The van der Waals surface area contributed by atoms with Crippen molar-refractivity contribution in [2.75, 3.05) is 0 Å². The molecule has 0 aliphatic heterocycles. The van der Waals surface area contributed by atoms with Crippen LogP contribution in [0.2, 0.25) is 0 Å². The first kappa shape index (κ1) is 24.7. The molecule has 0 aromatic heterocycles. The van der Waals surface area contributed by atoms with E-state index in [0.717, 1.165) is 44.1 Å². The summed E-state index contributed by atoms with van der Waals surface area (Å²) in [5.41, 5.74) is 1.01. The topological polar surface area (TPSA) is 80.9 Å². The summed E-state index contributed by atoms with van der Waals surface area (Å²) in [5.74, 6) is 2.53. The summed E-state index contributed by atoms with van der Waals surface area (Å²) < 4.78 is 0. The van der Waals surface area contributed by atoms with Gasteiger partial charge in [0.25, 0.3) is 0 Å². The molecule has 184 valence electrons. The first-order chi connectivity index (χ1) is 14.9. The fourth-order valence-corrected chi connectivity index (χ4v) is 9.27. The van der Waals surface area contributed by atoms with Crippen molar-refractivity contribution in [3.05, 3.63) is 12.2 Å². The van der Waals surface area contributed by atoms with Gasteiger partial charge in [0, 0.05) is 0 Å². The third-order valence-corrected chi connectivity index (χ3v) is 11.3. The second-order valence-electron chi connectivity index (χ2n) is 13.0. The third kappa shape index (κ3) is 3.72. The van der Waals surface area contributed by atoms with Crippen LogP contribution in [0.1, 0.15) is 86.0 Å². The van der Waals surface area contributed by atoms with E-state index in [9.17, 15) is 20.4 Å². The predicted molar refractivity (Wildman–Crippen MR) is 128 cm³/mol. The van der Waals surface area contributed by atoms with Crippen LogP contribution < -0.4 is 0 Å². The van der Waals surface area contributed by atoms with Crippen LogP contribution >= 0.6 is 0 Å². The van der Waals surface area contributed by atoms with Crippen molar-refractivity contribution in [2.45, 2.75) is 110 Å². The van der Waals surface area contributed by atoms with E-state index < -0.39 is 12.2 Å². The van der Waals surface area contributed by atoms with Gasteiger partial charge in [-0.3, -0.25) is 0 Å². The zero-order valence-electron chi connectivity index (χ0n) is 21.0. The molecule has 4 N–H and O–H groups in total. The smallest absolute Gasteiger partial charge is 0.101 e. The highest BCUT2D eigenvalue weighted by Gasteiger charge is 2.62. The molecule has 4 rings (SSSR count). The normalized spacial score (nSPS) is 49.0. The fourth-order valence-electron chi connectivity index (χ4n) is 9.27. The molecule has 4 aliphatic carbocycles. The first-order valence-electron chi connectivity index (χ1n) is 13.3. The maximum absolute atomic E-state index is 11.2. The van der Waals surface area contributed by atoms with Gasteiger partial charge in [-0.05, 0) is 109 Å². The van der Waals surface area contributed by atoms with Crippen LogP contribution in [0.15, 0.2) is 12.2 Å². The third-order valence-electron chi connectivity index (χ3n) is 11.3. The highest BCUT2D eigenvalue weighted by molar-refractivity contribution is 5.13. The highest BCUT2D eigenvalue weighted by atomic mass is 16.3. The van der Waals surface area contributed by atoms with E-state index in [1.165, 1.54) is 12.8 Å². The van der Waals surface area contributed by atoms with Gasteiger partial charge in [0.1, 0.15) is 6.10 Å². The molecule has 4 saturated carbocycles. The zero-order chi connectivity index (χ0) is 23.6. The number of hydrogen-bond acceptors (Lipinski definition) is 4. The molecule has 0 heterocycles. The summed E-state index contributed by atoms with van der Waals surface area (Å²) in [7, 11) is 0. The molecular formula is C28H48O4. The Hall–Kier alpha value is -0.420. The van der Waals surface area contributed by atoms with E-state index in [2.05, 4.69) is 27.4 Å². The lowest BCUT2D eigenvalue weighted by Gasteiger charge is -2.62. The van der Waals surface area contributed by atoms with Crippen molar-refractivity contribution in [1.29, 1.82) is 0 Å². The van der Waals surface area contributed by atoms with Crippen LogP contribution in [0.25, 0.3) is 0 Å². The standard InChI is InChI=1S/C28H48O4/c1-15(2)16(3)25(31)26(32)17(4)20-7-8-21-19-14-24(30)23-13-18(29)9-11-28(23,6)22(19)10-12-27(20,21)5/h15,17-26,29-32H,3,7-14H2,1-2,4-6H3/t17-,18+,19-,20+,21-,22-,23-,24-,25+,26+,27+,28+/m0/s1. The lowest BCUT2D eigenvalue weighted by Crippen LogP contribution is -2.58. The van der Waals surface area contributed by atoms with E-state index in [1.807, 2.05) is 13.8 Å². The van der Waals surface area contributed by atoms with Gasteiger partial charge in [0.15, 0.2) is 0 Å². The van der Waals surface area contributed by atoms with Crippen LogP contribution in [0.5, 0.6) is 0 Å². The Morgan fingerprint density at radius 1 is 0.844 bits per heavy atom. The van der Waals surface area contributed by atoms with Gasteiger partial charge in [-0.15, -0.1) is 0 Å². The SMILES string of the molecule is C=C(C(C)C)[C@@H](O)[C@H](O)[C@@H](C)[C@H]1CC[C@H]2[C@@H]3C[C@H](O)[C@@H]4C[C@H](O)CC[C@]4(C)[C@H]3CC[C@]12C. The highest BCUT2D eigenvalue weighted by Crippen LogP contribution is 2.68. The van der Waals surface area contributed by atoms with E-state index in [0.29, 0.717) is 23.7 Å². The number of hydrogen-bond donors (Lipinski definition) is 4. The van der Waals surface area contributed by atoms with Crippen molar-refractivity contribution < 1.29 is 20.4 Å². The summed E-state index contributed by atoms with van der Waals surface area (Å²) in [4.78, 5) is 0. The molecule has 4 aliphatic rings. The van der Waals surface area contributed by atoms with Gasteiger partial charge in [-0.25, -0.2) is 0 Å². The molecule has 12 atom stereocenters. The molecule has 0 bridgehead atoms. The first-order valence-corrected chi connectivity index (χ1v) is 13.3. The summed E-state index contributed by atoms with van der Waals surface area (Å²) in [6, 6.07) is 0. The summed E-state index contributed by atoms with van der Waals surface area (Å²) >= 11 is 0. The van der Waals surface area contributed by atoms with Gasteiger partial charge in [0.2, 0.25) is 0 Å². The molecule has 0 aromatic rings. The predicted octanol–water partition coefficient (Wildman–Crippen LogP) is 4.55. The number of fused-ring (bicyclic) bond motifs is 5. The fraction of sp³-hybridized carbons (Fsp3) is 0.929. The van der Waals surface area contributed by atoms with E-state index in [1.54, 1.807) is 0 Å². The Labute approximate surface area is 195 Å². The van der Waals surface area contributed by atoms with Crippen LogP contribution in [0.4, 0.5) is 0 Å². The largest absolute Gasteiger partial charge is 0.393 e.